The van der Waals surface area contributed by atoms with Gasteiger partial charge in [0.05, 0.1) is 31.1 Å². The maximum atomic E-state index is 13.3. The number of quaternary nitrogens is 1. The highest BCUT2D eigenvalue weighted by molar-refractivity contribution is 7.89. The van der Waals surface area contributed by atoms with E-state index in [1.807, 2.05) is 24.3 Å². The Labute approximate surface area is 150 Å². The van der Waals surface area contributed by atoms with Crippen LogP contribution in [0.3, 0.4) is 0 Å². The van der Waals surface area contributed by atoms with Crippen molar-refractivity contribution in [2.24, 2.45) is 0 Å². The SMILES string of the molecule is O=S(=O)(c1ccc(F)c(F)c1)N1CC[NH+](Cc2cccc(Cl)c2)CC1. The molecule has 1 N–H and O–H groups in total. The standard InChI is InChI=1S/C17H17ClF2N2O2S/c18-14-3-1-2-13(10-14)12-21-6-8-22(9-7-21)25(23,24)15-4-5-16(19)17(20)11-15/h1-5,10-11H,6-9,12H2/p+1. The number of nitrogens with zero attached hydrogens (tertiary/aromatic N) is 1. The van der Waals surface area contributed by atoms with Crippen LogP contribution in [0.5, 0.6) is 0 Å². The lowest BCUT2D eigenvalue weighted by molar-refractivity contribution is -0.917. The lowest BCUT2D eigenvalue weighted by Crippen LogP contribution is -3.13. The molecule has 1 aliphatic heterocycles. The normalized spacial score (nSPS) is 16.9. The van der Waals surface area contributed by atoms with E-state index in [9.17, 15) is 17.2 Å². The molecule has 1 heterocycles. The number of hydrogen-bond donors (Lipinski definition) is 1. The first-order valence-corrected chi connectivity index (χ1v) is 9.71. The zero-order valence-electron chi connectivity index (χ0n) is 13.4. The minimum Gasteiger partial charge on any atom is -0.329 e. The van der Waals surface area contributed by atoms with Gasteiger partial charge in [-0.2, -0.15) is 4.31 Å². The van der Waals surface area contributed by atoms with Crippen LogP contribution in [0.2, 0.25) is 5.02 Å². The van der Waals surface area contributed by atoms with Crippen molar-refractivity contribution < 1.29 is 22.1 Å². The Balaban J connectivity index is 1.66. The monoisotopic (exact) mass is 387 g/mol. The summed E-state index contributed by atoms with van der Waals surface area (Å²) in [4.78, 5) is 1.03. The number of halogens is 3. The summed E-state index contributed by atoms with van der Waals surface area (Å²) in [5.41, 5.74) is 1.10. The largest absolute Gasteiger partial charge is 0.329 e. The van der Waals surface area contributed by atoms with E-state index in [-0.39, 0.29) is 4.90 Å². The zero-order valence-corrected chi connectivity index (χ0v) is 15.0. The predicted molar refractivity (Wildman–Crippen MR) is 91.0 cm³/mol. The fraction of sp³-hybridized carbons (Fsp3) is 0.294. The van der Waals surface area contributed by atoms with Gasteiger partial charge in [0.15, 0.2) is 11.6 Å². The molecule has 2 aromatic carbocycles. The first-order chi connectivity index (χ1) is 11.9. The van der Waals surface area contributed by atoms with E-state index in [1.54, 1.807) is 0 Å². The zero-order chi connectivity index (χ0) is 18.0. The van der Waals surface area contributed by atoms with Gasteiger partial charge >= 0.3 is 0 Å². The second-order valence-electron chi connectivity index (χ2n) is 6.04. The maximum Gasteiger partial charge on any atom is 0.243 e. The van der Waals surface area contributed by atoms with Gasteiger partial charge in [0.1, 0.15) is 6.54 Å². The lowest BCUT2D eigenvalue weighted by Gasteiger charge is -2.31. The Kier molecular flexibility index (Phi) is 5.38. The van der Waals surface area contributed by atoms with Crippen molar-refractivity contribution in [2.45, 2.75) is 11.4 Å². The second kappa shape index (κ2) is 7.37. The van der Waals surface area contributed by atoms with E-state index in [0.717, 1.165) is 30.3 Å². The molecule has 0 aromatic heterocycles. The van der Waals surface area contributed by atoms with Crippen molar-refractivity contribution in [1.82, 2.24) is 4.31 Å². The molecule has 25 heavy (non-hydrogen) atoms. The summed E-state index contributed by atoms with van der Waals surface area (Å²) >= 11 is 5.98. The Morgan fingerprint density at radius 1 is 1.04 bits per heavy atom. The first kappa shape index (κ1) is 18.3. The summed E-state index contributed by atoms with van der Waals surface area (Å²) in [6, 6.07) is 10.3. The van der Waals surface area contributed by atoms with Crippen LogP contribution in [0, 0.1) is 11.6 Å². The second-order valence-corrected chi connectivity index (χ2v) is 8.41. The summed E-state index contributed by atoms with van der Waals surface area (Å²) in [5.74, 6) is -2.22. The van der Waals surface area contributed by atoms with Gasteiger partial charge in [0, 0.05) is 10.6 Å². The molecule has 1 saturated heterocycles. The minimum absolute atomic E-state index is 0.218. The van der Waals surface area contributed by atoms with E-state index >= 15 is 0 Å². The average Bonchev–Trinajstić information content (AvgIpc) is 2.58. The molecule has 0 unspecified atom stereocenters. The Hall–Kier alpha value is -1.54. The van der Waals surface area contributed by atoms with E-state index in [0.29, 0.717) is 31.2 Å². The van der Waals surface area contributed by atoms with Crippen LogP contribution in [0.1, 0.15) is 5.56 Å². The summed E-state index contributed by atoms with van der Waals surface area (Å²) in [6.45, 7) is 2.69. The predicted octanol–water partition coefficient (Wildman–Crippen LogP) is 1.71. The average molecular weight is 388 g/mol. The van der Waals surface area contributed by atoms with E-state index in [2.05, 4.69) is 0 Å². The highest BCUT2D eigenvalue weighted by Gasteiger charge is 2.31. The quantitative estimate of drug-likeness (QED) is 0.867. The molecule has 1 fully saturated rings. The number of rotatable bonds is 4. The van der Waals surface area contributed by atoms with Gasteiger partial charge in [-0.05, 0) is 30.3 Å². The van der Waals surface area contributed by atoms with Crippen molar-refractivity contribution >= 4 is 21.6 Å². The molecule has 0 saturated carbocycles. The van der Waals surface area contributed by atoms with Gasteiger partial charge in [-0.25, -0.2) is 17.2 Å². The van der Waals surface area contributed by atoms with Crippen LogP contribution < -0.4 is 4.90 Å². The van der Waals surface area contributed by atoms with Crippen molar-refractivity contribution in [3.05, 3.63) is 64.7 Å². The summed E-state index contributed by atoms with van der Waals surface area (Å²) in [5, 5.41) is 0.677. The third-order valence-corrected chi connectivity index (χ3v) is 6.43. The molecule has 3 rings (SSSR count). The van der Waals surface area contributed by atoms with Gasteiger partial charge in [-0.3, -0.25) is 0 Å². The molecule has 1 aliphatic rings. The van der Waals surface area contributed by atoms with E-state index < -0.39 is 21.7 Å². The third-order valence-electron chi connectivity index (χ3n) is 4.30. The molecular weight excluding hydrogens is 370 g/mol. The third kappa shape index (κ3) is 4.17. The maximum absolute atomic E-state index is 13.3. The Morgan fingerprint density at radius 2 is 1.76 bits per heavy atom. The summed E-state index contributed by atoms with van der Waals surface area (Å²) < 4.78 is 52.8. The smallest absolute Gasteiger partial charge is 0.243 e. The Morgan fingerprint density at radius 3 is 2.40 bits per heavy atom. The molecule has 0 amide bonds. The highest BCUT2D eigenvalue weighted by atomic mass is 35.5. The van der Waals surface area contributed by atoms with Crippen molar-refractivity contribution in [3.8, 4) is 0 Å². The molecule has 0 bridgehead atoms. The summed E-state index contributed by atoms with van der Waals surface area (Å²) in [7, 11) is -3.81. The van der Waals surface area contributed by atoms with Gasteiger partial charge < -0.3 is 4.90 Å². The molecule has 134 valence electrons. The molecule has 0 atom stereocenters. The van der Waals surface area contributed by atoms with E-state index in [1.165, 1.54) is 9.21 Å². The van der Waals surface area contributed by atoms with Crippen LogP contribution in [-0.4, -0.2) is 38.9 Å². The van der Waals surface area contributed by atoms with Crippen molar-refractivity contribution in [2.75, 3.05) is 26.2 Å². The minimum atomic E-state index is -3.81. The van der Waals surface area contributed by atoms with Crippen molar-refractivity contribution in [1.29, 1.82) is 0 Å². The van der Waals surface area contributed by atoms with Gasteiger partial charge in [0.25, 0.3) is 0 Å². The van der Waals surface area contributed by atoms with Crippen LogP contribution >= 0.6 is 11.6 Å². The fourth-order valence-corrected chi connectivity index (χ4v) is 4.61. The van der Waals surface area contributed by atoms with Crippen LogP contribution in [0.15, 0.2) is 47.4 Å². The molecule has 2 aromatic rings. The number of nitrogens with one attached hydrogen (secondary N) is 1. The fourth-order valence-electron chi connectivity index (χ4n) is 2.94. The number of benzene rings is 2. The van der Waals surface area contributed by atoms with Gasteiger partial charge in [0.2, 0.25) is 10.0 Å². The lowest BCUT2D eigenvalue weighted by atomic mass is 10.2. The summed E-state index contributed by atoms with van der Waals surface area (Å²) in [6.07, 6.45) is 0. The first-order valence-electron chi connectivity index (χ1n) is 7.89. The molecule has 4 nitrogen and oxygen atoms in total. The molecular formula is C17H18ClF2N2O2S+. The number of sulfonamides is 1. The highest BCUT2D eigenvalue weighted by Crippen LogP contribution is 2.18. The molecule has 0 radical (unpaired) electrons. The number of piperazine rings is 1. The van der Waals surface area contributed by atoms with Gasteiger partial charge in [-0.1, -0.05) is 23.7 Å². The van der Waals surface area contributed by atoms with Crippen LogP contribution in [0.25, 0.3) is 0 Å². The molecule has 0 aliphatic carbocycles. The molecule has 8 heteroatoms. The Bertz CT molecular complexity index is 869. The molecule has 0 spiro atoms. The van der Waals surface area contributed by atoms with Crippen LogP contribution in [-0.2, 0) is 16.6 Å². The van der Waals surface area contributed by atoms with Crippen LogP contribution in [0.4, 0.5) is 8.78 Å². The van der Waals surface area contributed by atoms with Crippen molar-refractivity contribution in [3.63, 3.8) is 0 Å². The van der Waals surface area contributed by atoms with Gasteiger partial charge in [-0.15, -0.1) is 0 Å². The van der Waals surface area contributed by atoms with E-state index in [4.69, 9.17) is 11.6 Å². The number of hydrogen-bond acceptors (Lipinski definition) is 2. The topological polar surface area (TPSA) is 41.8 Å².